The van der Waals surface area contributed by atoms with Gasteiger partial charge < -0.3 is 5.32 Å². The monoisotopic (exact) mass is 328 g/mol. The molecule has 3 aromatic rings. The van der Waals surface area contributed by atoms with Crippen LogP contribution >= 0.6 is 11.3 Å². The standard InChI is InChI=1S/C15H16N6OS/c1-9(15-17-11-4-2-3-5-12(11)23-15)16-14(22)10-6-7-13-18-19-20-21(13)8-10/h6-9H,2-5H2,1H3,(H,16,22)/t9-/m1/s1. The van der Waals surface area contributed by atoms with Crippen LogP contribution in [0.25, 0.3) is 5.65 Å². The number of aryl methyl sites for hydroxylation is 2. The summed E-state index contributed by atoms with van der Waals surface area (Å²) in [7, 11) is 0. The molecule has 0 saturated heterocycles. The van der Waals surface area contributed by atoms with Gasteiger partial charge in [0.05, 0.1) is 17.3 Å². The number of tetrazole rings is 1. The highest BCUT2D eigenvalue weighted by Crippen LogP contribution is 2.29. The Hall–Kier alpha value is -2.35. The van der Waals surface area contributed by atoms with Crippen LogP contribution in [0.1, 0.15) is 51.7 Å². The van der Waals surface area contributed by atoms with Crippen molar-refractivity contribution in [1.29, 1.82) is 0 Å². The maximum Gasteiger partial charge on any atom is 0.253 e. The van der Waals surface area contributed by atoms with Gasteiger partial charge in [0.2, 0.25) is 0 Å². The number of hydrogen-bond acceptors (Lipinski definition) is 6. The minimum absolute atomic E-state index is 0.109. The van der Waals surface area contributed by atoms with Crippen molar-refractivity contribution in [3.63, 3.8) is 0 Å². The first-order chi connectivity index (χ1) is 11.2. The van der Waals surface area contributed by atoms with Crippen LogP contribution < -0.4 is 5.32 Å². The highest BCUT2D eigenvalue weighted by Gasteiger charge is 2.20. The van der Waals surface area contributed by atoms with Crippen molar-refractivity contribution in [2.75, 3.05) is 0 Å². The summed E-state index contributed by atoms with van der Waals surface area (Å²) in [5, 5.41) is 15.2. The summed E-state index contributed by atoms with van der Waals surface area (Å²) >= 11 is 1.72. The SMILES string of the molecule is C[C@@H](NC(=O)c1ccc2nnnn2c1)c1nc2c(s1)CCCC2. The Bertz CT molecular complexity index is 846. The normalized spacial score (nSPS) is 15.3. The van der Waals surface area contributed by atoms with Gasteiger partial charge in [-0.1, -0.05) is 0 Å². The molecule has 7 nitrogen and oxygen atoms in total. The number of pyridine rings is 1. The molecule has 1 N–H and O–H groups in total. The van der Waals surface area contributed by atoms with Crippen LogP contribution in [0, 0.1) is 0 Å². The molecule has 0 aromatic carbocycles. The number of nitrogens with zero attached hydrogens (tertiary/aromatic N) is 5. The van der Waals surface area contributed by atoms with E-state index in [0.717, 1.165) is 17.8 Å². The van der Waals surface area contributed by atoms with Crippen molar-refractivity contribution >= 4 is 22.9 Å². The molecule has 0 fully saturated rings. The van der Waals surface area contributed by atoms with Crippen molar-refractivity contribution in [2.24, 2.45) is 0 Å². The zero-order valence-electron chi connectivity index (χ0n) is 12.7. The van der Waals surface area contributed by atoms with E-state index in [-0.39, 0.29) is 11.9 Å². The average Bonchev–Trinajstić information content (AvgIpc) is 3.20. The summed E-state index contributed by atoms with van der Waals surface area (Å²) in [6.45, 7) is 1.97. The van der Waals surface area contributed by atoms with Crippen LogP contribution in [0.5, 0.6) is 0 Å². The third kappa shape index (κ3) is 2.70. The second-order valence-corrected chi connectivity index (χ2v) is 6.84. The number of amides is 1. The van der Waals surface area contributed by atoms with Gasteiger partial charge in [0.1, 0.15) is 5.01 Å². The molecular weight excluding hydrogens is 312 g/mol. The van der Waals surface area contributed by atoms with Gasteiger partial charge in [0, 0.05) is 11.1 Å². The lowest BCUT2D eigenvalue weighted by molar-refractivity contribution is 0.0939. The number of aromatic nitrogens is 5. The number of rotatable bonds is 3. The number of carbonyl (C=O) groups is 1. The van der Waals surface area contributed by atoms with E-state index in [2.05, 4.69) is 20.8 Å². The number of hydrogen-bond donors (Lipinski definition) is 1. The highest BCUT2D eigenvalue weighted by molar-refractivity contribution is 7.11. The smallest absolute Gasteiger partial charge is 0.253 e. The lowest BCUT2D eigenvalue weighted by atomic mass is 10.0. The molecule has 4 rings (SSSR count). The Morgan fingerprint density at radius 2 is 2.22 bits per heavy atom. The van der Waals surface area contributed by atoms with Gasteiger partial charge in [-0.2, -0.15) is 4.52 Å². The van der Waals surface area contributed by atoms with Crippen LogP contribution in [0.2, 0.25) is 0 Å². The highest BCUT2D eigenvalue weighted by atomic mass is 32.1. The van der Waals surface area contributed by atoms with E-state index in [9.17, 15) is 4.79 Å². The van der Waals surface area contributed by atoms with Crippen LogP contribution in [0.15, 0.2) is 18.3 Å². The Balaban J connectivity index is 1.52. The molecule has 23 heavy (non-hydrogen) atoms. The number of carbonyl (C=O) groups excluding carboxylic acids is 1. The van der Waals surface area contributed by atoms with Crippen LogP contribution in [0.3, 0.4) is 0 Å². The second-order valence-electron chi connectivity index (χ2n) is 5.72. The zero-order chi connectivity index (χ0) is 15.8. The molecule has 0 aliphatic heterocycles. The summed E-state index contributed by atoms with van der Waals surface area (Å²) in [6.07, 6.45) is 6.25. The lowest BCUT2D eigenvalue weighted by Crippen LogP contribution is -2.26. The summed E-state index contributed by atoms with van der Waals surface area (Å²) in [5.41, 5.74) is 2.35. The maximum atomic E-state index is 12.4. The van der Waals surface area contributed by atoms with E-state index in [1.165, 1.54) is 27.9 Å². The first-order valence-corrected chi connectivity index (χ1v) is 8.49. The molecule has 1 atom stereocenters. The van der Waals surface area contributed by atoms with Gasteiger partial charge in [-0.25, -0.2) is 4.98 Å². The molecule has 3 aromatic heterocycles. The molecule has 1 aliphatic rings. The fourth-order valence-corrected chi connectivity index (χ4v) is 3.93. The van der Waals surface area contributed by atoms with E-state index < -0.39 is 0 Å². The van der Waals surface area contributed by atoms with Crippen molar-refractivity contribution < 1.29 is 4.79 Å². The van der Waals surface area contributed by atoms with Gasteiger partial charge >= 0.3 is 0 Å². The van der Waals surface area contributed by atoms with Crippen molar-refractivity contribution in [2.45, 2.75) is 38.6 Å². The summed E-state index contributed by atoms with van der Waals surface area (Å²) in [5.74, 6) is -0.150. The average molecular weight is 328 g/mol. The first kappa shape index (κ1) is 14.3. The first-order valence-electron chi connectivity index (χ1n) is 7.68. The zero-order valence-corrected chi connectivity index (χ0v) is 13.5. The van der Waals surface area contributed by atoms with Gasteiger partial charge in [0.15, 0.2) is 5.65 Å². The second kappa shape index (κ2) is 5.69. The molecule has 0 radical (unpaired) electrons. The molecule has 118 valence electrons. The summed E-state index contributed by atoms with van der Waals surface area (Å²) in [6, 6.07) is 3.34. The van der Waals surface area contributed by atoms with Crippen LogP contribution in [-0.2, 0) is 12.8 Å². The van der Waals surface area contributed by atoms with E-state index in [4.69, 9.17) is 4.98 Å². The predicted molar refractivity (Wildman–Crippen MR) is 85.4 cm³/mol. The fraction of sp³-hybridized carbons (Fsp3) is 0.400. The van der Waals surface area contributed by atoms with Crippen molar-refractivity contribution in [3.8, 4) is 0 Å². The van der Waals surface area contributed by atoms with E-state index in [1.807, 2.05) is 6.92 Å². The molecule has 0 saturated carbocycles. The molecule has 3 heterocycles. The quantitative estimate of drug-likeness (QED) is 0.794. The molecule has 1 amide bonds. The molecular formula is C15H16N6OS. The van der Waals surface area contributed by atoms with Crippen molar-refractivity contribution in [1.82, 2.24) is 30.3 Å². The van der Waals surface area contributed by atoms with Gasteiger partial charge in [0.25, 0.3) is 5.91 Å². The molecule has 0 spiro atoms. The van der Waals surface area contributed by atoms with Crippen LogP contribution in [0.4, 0.5) is 0 Å². The van der Waals surface area contributed by atoms with Crippen molar-refractivity contribution in [3.05, 3.63) is 39.5 Å². The lowest BCUT2D eigenvalue weighted by Gasteiger charge is -2.11. The largest absolute Gasteiger partial charge is 0.343 e. The summed E-state index contributed by atoms with van der Waals surface area (Å²) < 4.78 is 1.49. The third-order valence-electron chi connectivity index (χ3n) is 4.03. The number of thiazole rings is 1. The topological polar surface area (TPSA) is 85.1 Å². The molecule has 8 heteroatoms. The Morgan fingerprint density at radius 1 is 1.35 bits per heavy atom. The minimum atomic E-state index is -0.150. The Morgan fingerprint density at radius 3 is 3.09 bits per heavy atom. The molecule has 0 bridgehead atoms. The Kier molecular flexibility index (Phi) is 3.53. The van der Waals surface area contributed by atoms with E-state index in [0.29, 0.717) is 11.2 Å². The van der Waals surface area contributed by atoms with Gasteiger partial charge in [-0.3, -0.25) is 4.79 Å². The Labute approximate surface area is 136 Å². The van der Waals surface area contributed by atoms with Gasteiger partial charge in [-0.05, 0) is 55.2 Å². The van der Waals surface area contributed by atoms with E-state index >= 15 is 0 Å². The number of nitrogens with one attached hydrogen (secondary N) is 1. The fourth-order valence-electron chi connectivity index (χ4n) is 2.77. The third-order valence-corrected chi connectivity index (χ3v) is 5.37. The minimum Gasteiger partial charge on any atom is -0.343 e. The van der Waals surface area contributed by atoms with E-state index in [1.54, 1.807) is 29.7 Å². The summed E-state index contributed by atoms with van der Waals surface area (Å²) in [4.78, 5) is 18.5. The maximum absolute atomic E-state index is 12.4. The molecule has 1 aliphatic carbocycles. The molecule has 0 unspecified atom stereocenters. The van der Waals surface area contributed by atoms with Gasteiger partial charge in [-0.15, -0.1) is 16.4 Å². The predicted octanol–water partition coefficient (Wildman–Crippen LogP) is 1.95. The number of fused-ring (bicyclic) bond motifs is 2. The van der Waals surface area contributed by atoms with Crippen LogP contribution in [-0.4, -0.2) is 30.9 Å².